The van der Waals surface area contributed by atoms with Crippen LogP contribution in [0.25, 0.3) is 11.3 Å². The molecule has 4 atom stereocenters. The van der Waals surface area contributed by atoms with Crippen LogP contribution in [0.15, 0.2) is 115 Å². The Balaban J connectivity index is 1.36. The number of halogens is 1. The summed E-state index contributed by atoms with van der Waals surface area (Å²) in [5.74, 6) is -1.40. The fourth-order valence-electron chi connectivity index (χ4n) is 5.02. The number of carbonyl (C=O) groups excluding carboxylic acids is 3. The minimum Gasteiger partial charge on any atom is -0.497 e. The number of esters is 3. The number of nitrogens with zero attached hydrogens (tertiary/aromatic N) is 3. The van der Waals surface area contributed by atoms with Crippen LogP contribution in [0.1, 0.15) is 37.3 Å². The van der Waals surface area contributed by atoms with Crippen LogP contribution in [0, 0.1) is 0 Å². The van der Waals surface area contributed by atoms with Gasteiger partial charge in [0.25, 0.3) is 0 Å². The fourth-order valence-corrected chi connectivity index (χ4v) is 5.30. The Morgan fingerprint density at radius 1 is 0.723 bits per heavy atom. The van der Waals surface area contributed by atoms with Crippen LogP contribution in [-0.4, -0.2) is 64.9 Å². The van der Waals surface area contributed by atoms with Gasteiger partial charge in [0.1, 0.15) is 24.2 Å². The van der Waals surface area contributed by atoms with E-state index in [0.29, 0.717) is 22.6 Å². The van der Waals surface area contributed by atoms with Crippen LogP contribution in [-0.2, 0) is 18.9 Å². The summed E-state index contributed by atoms with van der Waals surface area (Å²) in [6.45, 7) is -0.353. The monoisotopic (exact) mass is 653 g/mol. The third-order valence-electron chi connectivity index (χ3n) is 7.42. The van der Waals surface area contributed by atoms with Crippen molar-refractivity contribution < 1.29 is 38.1 Å². The average Bonchev–Trinajstić information content (AvgIpc) is 3.67. The molecule has 4 aromatic carbocycles. The molecule has 1 fully saturated rings. The zero-order chi connectivity index (χ0) is 32.8. The molecule has 0 spiro atoms. The van der Waals surface area contributed by atoms with Crippen molar-refractivity contribution in [1.82, 2.24) is 15.0 Å². The highest BCUT2D eigenvalue weighted by atomic mass is 35.5. The van der Waals surface area contributed by atoms with Crippen LogP contribution < -0.4 is 4.74 Å². The van der Waals surface area contributed by atoms with Crippen LogP contribution in [0.5, 0.6) is 5.75 Å². The van der Waals surface area contributed by atoms with Crippen molar-refractivity contribution in [3.05, 3.63) is 137 Å². The predicted octanol–water partition coefficient (Wildman–Crippen LogP) is 5.81. The van der Waals surface area contributed by atoms with Crippen LogP contribution in [0.4, 0.5) is 0 Å². The van der Waals surface area contributed by atoms with Crippen molar-refractivity contribution in [1.29, 1.82) is 0 Å². The summed E-state index contributed by atoms with van der Waals surface area (Å²) in [6, 6.07) is 32.0. The van der Waals surface area contributed by atoms with Crippen molar-refractivity contribution in [2.75, 3.05) is 13.7 Å². The highest BCUT2D eigenvalue weighted by Gasteiger charge is 2.52. The Morgan fingerprint density at radius 3 is 1.77 bits per heavy atom. The maximum Gasteiger partial charge on any atom is 0.338 e. The fraction of sp³-hybridized carbons (Fsp3) is 0.171. The molecule has 1 aliphatic rings. The smallest absolute Gasteiger partial charge is 0.338 e. The molecule has 1 saturated heterocycles. The van der Waals surface area contributed by atoms with E-state index in [-0.39, 0.29) is 22.9 Å². The first-order chi connectivity index (χ1) is 22.9. The first-order valence-corrected chi connectivity index (χ1v) is 15.0. The maximum atomic E-state index is 13.4. The molecule has 2 heterocycles. The normalized spacial score (nSPS) is 18.7. The summed E-state index contributed by atoms with van der Waals surface area (Å²) < 4.78 is 30.3. The van der Waals surface area contributed by atoms with E-state index in [4.69, 9.17) is 35.3 Å². The van der Waals surface area contributed by atoms with Gasteiger partial charge in [0.15, 0.2) is 23.6 Å². The quantitative estimate of drug-likeness (QED) is 0.134. The average molecular weight is 654 g/mol. The second-order valence-electron chi connectivity index (χ2n) is 10.4. The summed E-state index contributed by atoms with van der Waals surface area (Å²) in [5.41, 5.74) is 1.78. The Labute approximate surface area is 274 Å². The lowest BCUT2D eigenvalue weighted by molar-refractivity contribution is -0.0676. The van der Waals surface area contributed by atoms with E-state index in [1.54, 1.807) is 122 Å². The molecule has 5 aromatic rings. The molecule has 0 unspecified atom stereocenters. The van der Waals surface area contributed by atoms with Gasteiger partial charge in [-0.25, -0.2) is 19.1 Å². The standard InChI is InChI=1S/C35H28ClN3O8/c1-43-26-19-17-22(18-20-26)28-31(36)39(38-37-28)32-30(47-35(42)25-15-9-4-10-16-25)29(46-34(41)24-13-7-3-8-14-24)27(45-32)21-44-33(40)23-11-5-2-6-12-23/h2-20,27,29-30,32H,21H2,1H3/t27-,29-,30-,32-/m0/s1. The number of hydrogen-bond acceptors (Lipinski definition) is 10. The minimum absolute atomic E-state index is 0.0657. The van der Waals surface area contributed by atoms with Crippen LogP contribution in [0.3, 0.4) is 0 Å². The highest BCUT2D eigenvalue weighted by Crippen LogP contribution is 2.38. The number of ether oxygens (including phenoxy) is 5. The van der Waals surface area contributed by atoms with Crippen LogP contribution in [0.2, 0.25) is 5.15 Å². The molecule has 0 aliphatic carbocycles. The van der Waals surface area contributed by atoms with E-state index in [9.17, 15) is 14.4 Å². The van der Waals surface area contributed by atoms with Gasteiger partial charge in [-0.05, 0) is 60.7 Å². The number of hydrogen-bond donors (Lipinski definition) is 0. The van der Waals surface area contributed by atoms with Crippen molar-refractivity contribution in [3.63, 3.8) is 0 Å². The number of aromatic nitrogens is 3. The Kier molecular flexibility index (Phi) is 9.56. The lowest BCUT2D eigenvalue weighted by Crippen LogP contribution is -2.41. The van der Waals surface area contributed by atoms with Gasteiger partial charge in [0, 0.05) is 5.56 Å². The summed E-state index contributed by atoms with van der Waals surface area (Å²) >= 11 is 6.83. The lowest BCUT2D eigenvalue weighted by atomic mass is 10.1. The molecule has 0 amide bonds. The van der Waals surface area contributed by atoms with E-state index < -0.39 is 42.4 Å². The molecule has 12 heteroatoms. The van der Waals surface area contributed by atoms with Crippen molar-refractivity contribution >= 4 is 29.5 Å². The Hall–Kier alpha value is -5.52. The zero-order valence-electron chi connectivity index (χ0n) is 25.0. The molecular weight excluding hydrogens is 626 g/mol. The van der Waals surface area contributed by atoms with Gasteiger partial charge in [-0.2, -0.15) is 0 Å². The van der Waals surface area contributed by atoms with E-state index in [0.717, 1.165) is 0 Å². The Bertz CT molecular complexity index is 1840. The second kappa shape index (κ2) is 14.3. The van der Waals surface area contributed by atoms with Gasteiger partial charge in [-0.15, -0.1) is 5.10 Å². The summed E-state index contributed by atoms with van der Waals surface area (Å²) in [5, 5.41) is 8.56. The van der Waals surface area contributed by atoms with E-state index >= 15 is 0 Å². The summed E-state index contributed by atoms with van der Waals surface area (Å²) in [4.78, 5) is 39.7. The lowest BCUT2D eigenvalue weighted by Gasteiger charge is -2.24. The largest absolute Gasteiger partial charge is 0.497 e. The number of benzene rings is 4. The van der Waals surface area contributed by atoms with E-state index in [1.807, 2.05) is 0 Å². The van der Waals surface area contributed by atoms with Gasteiger partial charge >= 0.3 is 17.9 Å². The molecule has 0 saturated carbocycles. The van der Waals surface area contributed by atoms with E-state index in [2.05, 4.69) is 10.3 Å². The minimum atomic E-state index is -1.29. The molecule has 1 aliphatic heterocycles. The molecule has 1 aromatic heterocycles. The van der Waals surface area contributed by atoms with Gasteiger partial charge in [-0.3, -0.25) is 0 Å². The molecule has 0 radical (unpaired) electrons. The molecule has 238 valence electrons. The van der Waals surface area contributed by atoms with Gasteiger partial charge in [0.2, 0.25) is 0 Å². The molecule has 11 nitrogen and oxygen atoms in total. The second-order valence-corrected chi connectivity index (χ2v) is 10.8. The first kappa shape index (κ1) is 31.5. The van der Waals surface area contributed by atoms with Gasteiger partial charge < -0.3 is 23.7 Å². The van der Waals surface area contributed by atoms with Crippen molar-refractivity contribution in [2.24, 2.45) is 0 Å². The number of rotatable bonds is 10. The van der Waals surface area contributed by atoms with Crippen molar-refractivity contribution in [3.8, 4) is 17.0 Å². The summed E-state index contributed by atoms with van der Waals surface area (Å²) in [7, 11) is 1.56. The third-order valence-corrected chi connectivity index (χ3v) is 7.77. The number of methoxy groups -OCH3 is 1. The topological polar surface area (TPSA) is 128 Å². The zero-order valence-corrected chi connectivity index (χ0v) is 25.7. The third kappa shape index (κ3) is 7.01. The maximum absolute atomic E-state index is 13.4. The first-order valence-electron chi connectivity index (χ1n) is 14.6. The predicted molar refractivity (Wildman–Crippen MR) is 169 cm³/mol. The van der Waals surface area contributed by atoms with Crippen molar-refractivity contribution in [2.45, 2.75) is 24.5 Å². The van der Waals surface area contributed by atoms with Gasteiger partial charge in [0.05, 0.1) is 23.8 Å². The number of carbonyl (C=O) groups is 3. The molecule has 0 N–H and O–H groups in total. The summed E-state index contributed by atoms with van der Waals surface area (Å²) in [6.07, 6.45) is -4.88. The van der Waals surface area contributed by atoms with E-state index in [1.165, 1.54) is 4.68 Å². The SMILES string of the molecule is COc1ccc(-c2nnn([C@H]3O[C@@H](COC(=O)c4ccccc4)[C@H](OC(=O)c4ccccc4)[C@@H]3OC(=O)c3ccccc3)c2Cl)cc1. The molecule has 0 bridgehead atoms. The van der Waals surface area contributed by atoms with Crippen LogP contribution >= 0.6 is 11.6 Å². The molecule has 47 heavy (non-hydrogen) atoms. The Morgan fingerprint density at radius 2 is 1.23 bits per heavy atom. The molecular formula is C35H28ClN3O8. The molecule has 6 rings (SSSR count). The highest BCUT2D eigenvalue weighted by molar-refractivity contribution is 6.32. The van der Waals surface area contributed by atoms with Gasteiger partial charge in [-0.1, -0.05) is 71.4 Å².